The second-order valence-corrected chi connectivity index (χ2v) is 5.46. The van der Waals surface area contributed by atoms with Gasteiger partial charge in [0.25, 0.3) is 0 Å². The number of carbonyl (C=O) groups excluding carboxylic acids is 1. The van der Waals surface area contributed by atoms with Gasteiger partial charge < -0.3 is 15.8 Å². The molecule has 1 fully saturated rings. The Morgan fingerprint density at radius 2 is 2.35 bits per heavy atom. The molecule has 0 radical (unpaired) electrons. The summed E-state index contributed by atoms with van der Waals surface area (Å²) in [7, 11) is 0. The summed E-state index contributed by atoms with van der Waals surface area (Å²) >= 11 is 0. The van der Waals surface area contributed by atoms with E-state index in [1.165, 1.54) is 6.42 Å². The number of ether oxygens (including phenoxy) is 1. The molecule has 1 heterocycles. The number of rotatable bonds is 5. The van der Waals surface area contributed by atoms with Crippen molar-refractivity contribution in [2.24, 2.45) is 0 Å². The molecule has 0 bridgehead atoms. The van der Waals surface area contributed by atoms with Crippen LogP contribution in [0, 0.1) is 0 Å². The molecule has 3 N–H and O–H groups in total. The Morgan fingerprint density at radius 1 is 1.50 bits per heavy atom. The number of nitrogens with two attached hydrogens (primary N) is 1. The Hall–Kier alpha value is -1.55. The molecule has 0 spiro atoms. The fourth-order valence-electron chi connectivity index (χ4n) is 2.52. The molecule has 2 unspecified atom stereocenters. The monoisotopic (exact) mass is 276 g/mol. The standard InChI is InChI=1S/C16H24N2O2/c1-12(13-5-4-6-14(17)11-13)16(19)18-9-8-15-7-2-3-10-20-15/h4-6,11-12,15H,2-3,7-10,17H2,1H3,(H,18,19). The number of amides is 1. The topological polar surface area (TPSA) is 64.3 Å². The first kappa shape index (κ1) is 14.9. The first-order valence-electron chi connectivity index (χ1n) is 7.41. The van der Waals surface area contributed by atoms with Crippen molar-refractivity contribution in [2.45, 2.75) is 44.6 Å². The van der Waals surface area contributed by atoms with Crippen molar-refractivity contribution in [1.82, 2.24) is 5.32 Å². The van der Waals surface area contributed by atoms with Crippen LogP contribution in [0.25, 0.3) is 0 Å². The van der Waals surface area contributed by atoms with Gasteiger partial charge in [0.1, 0.15) is 0 Å². The zero-order valence-corrected chi connectivity index (χ0v) is 12.1. The smallest absolute Gasteiger partial charge is 0.227 e. The van der Waals surface area contributed by atoms with Crippen LogP contribution in [0.3, 0.4) is 0 Å². The van der Waals surface area contributed by atoms with Gasteiger partial charge in [-0.2, -0.15) is 0 Å². The van der Waals surface area contributed by atoms with Gasteiger partial charge in [-0.3, -0.25) is 4.79 Å². The molecule has 1 aromatic carbocycles. The van der Waals surface area contributed by atoms with Crippen molar-refractivity contribution in [3.63, 3.8) is 0 Å². The van der Waals surface area contributed by atoms with Gasteiger partial charge in [0.2, 0.25) is 5.91 Å². The largest absolute Gasteiger partial charge is 0.399 e. The highest BCUT2D eigenvalue weighted by molar-refractivity contribution is 5.83. The van der Waals surface area contributed by atoms with E-state index in [9.17, 15) is 4.79 Å². The van der Waals surface area contributed by atoms with E-state index in [4.69, 9.17) is 10.5 Å². The molecule has 1 aliphatic heterocycles. The summed E-state index contributed by atoms with van der Waals surface area (Å²) in [6.07, 6.45) is 4.72. The van der Waals surface area contributed by atoms with Crippen molar-refractivity contribution < 1.29 is 9.53 Å². The van der Waals surface area contributed by atoms with Crippen LogP contribution in [0.5, 0.6) is 0 Å². The first-order chi connectivity index (χ1) is 9.66. The molecule has 0 saturated carbocycles. The van der Waals surface area contributed by atoms with Gasteiger partial charge in [-0.05, 0) is 50.3 Å². The minimum atomic E-state index is -0.175. The Bertz CT molecular complexity index is 442. The zero-order chi connectivity index (χ0) is 14.4. The predicted octanol–water partition coefficient (Wildman–Crippen LogP) is 2.45. The van der Waals surface area contributed by atoms with Gasteiger partial charge >= 0.3 is 0 Å². The van der Waals surface area contributed by atoms with E-state index < -0.39 is 0 Å². The molecule has 2 atom stereocenters. The fraction of sp³-hybridized carbons (Fsp3) is 0.562. The first-order valence-corrected chi connectivity index (χ1v) is 7.41. The highest BCUT2D eigenvalue weighted by Gasteiger charge is 2.17. The number of benzene rings is 1. The van der Waals surface area contributed by atoms with Crippen molar-refractivity contribution >= 4 is 11.6 Å². The van der Waals surface area contributed by atoms with E-state index in [0.29, 0.717) is 18.3 Å². The molecule has 110 valence electrons. The Morgan fingerprint density at radius 3 is 3.05 bits per heavy atom. The normalized spacial score (nSPS) is 20.4. The minimum Gasteiger partial charge on any atom is -0.399 e. The average Bonchev–Trinajstić information content (AvgIpc) is 2.47. The minimum absolute atomic E-state index is 0.0476. The maximum Gasteiger partial charge on any atom is 0.227 e. The van der Waals surface area contributed by atoms with E-state index in [1.54, 1.807) is 0 Å². The van der Waals surface area contributed by atoms with Gasteiger partial charge in [-0.1, -0.05) is 12.1 Å². The third kappa shape index (κ3) is 4.23. The third-order valence-corrected chi connectivity index (χ3v) is 3.84. The van der Waals surface area contributed by atoms with Crippen molar-refractivity contribution in [3.05, 3.63) is 29.8 Å². The van der Waals surface area contributed by atoms with Crippen LogP contribution in [0.1, 0.15) is 44.1 Å². The number of hydrogen-bond donors (Lipinski definition) is 2. The van der Waals surface area contributed by atoms with E-state index >= 15 is 0 Å². The Labute approximate surface area is 120 Å². The Balaban J connectivity index is 1.76. The lowest BCUT2D eigenvalue weighted by Gasteiger charge is -2.23. The molecule has 4 heteroatoms. The van der Waals surface area contributed by atoms with Gasteiger partial charge in [-0.25, -0.2) is 0 Å². The molecule has 4 nitrogen and oxygen atoms in total. The number of anilines is 1. The lowest BCUT2D eigenvalue weighted by molar-refractivity contribution is -0.122. The van der Waals surface area contributed by atoms with Crippen LogP contribution in [-0.2, 0) is 9.53 Å². The quantitative estimate of drug-likeness (QED) is 0.812. The zero-order valence-electron chi connectivity index (χ0n) is 12.1. The number of carbonyl (C=O) groups is 1. The van der Waals surface area contributed by atoms with Crippen molar-refractivity contribution in [2.75, 3.05) is 18.9 Å². The highest BCUT2D eigenvalue weighted by Crippen LogP contribution is 2.18. The van der Waals surface area contributed by atoms with E-state index in [-0.39, 0.29) is 11.8 Å². The van der Waals surface area contributed by atoms with Gasteiger partial charge in [0, 0.05) is 18.8 Å². The van der Waals surface area contributed by atoms with Gasteiger partial charge in [0.05, 0.1) is 12.0 Å². The highest BCUT2D eigenvalue weighted by atomic mass is 16.5. The molecule has 0 aliphatic carbocycles. The van der Waals surface area contributed by atoms with Crippen LogP contribution in [0.15, 0.2) is 24.3 Å². The lowest BCUT2D eigenvalue weighted by Crippen LogP contribution is -2.32. The molecule has 0 aromatic heterocycles. The average molecular weight is 276 g/mol. The summed E-state index contributed by atoms with van der Waals surface area (Å²) in [6, 6.07) is 7.50. The molecule has 1 amide bonds. The van der Waals surface area contributed by atoms with Crippen molar-refractivity contribution in [3.8, 4) is 0 Å². The Kier molecular flexibility index (Phi) is 5.41. The molecular weight excluding hydrogens is 252 g/mol. The maximum absolute atomic E-state index is 12.1. The molecular formula is C16H24N2O2. The van der Waals surface area contributed by atoms with Gasteiger partial charge in [-0.15, -0.1) is 0 Å². The van der Waals surface area contributed by atoms with Crippen LogP contribution < -0.4 is 11.1 Å². The molecule has 2 rings (SSSR count). The van der Waals surface area contributed by atoms with Crippen LogP contribution >= 0.6 is 0 Å². The van der Waals surface area contributed by atoms with Crippen molar-refractivity contribution in [1.29, 1.82) is 0 Å². The second kappa shape index (κ2) is 7.29. The summed E-state index contributed by atoms with van der Waals surface area (Å²) in [4.78, 5) is 12.1. The lowest BCUT2D eigenvalue weighted by atomic mass is 9.99. The number of hydrogen-bond acceptors (Lipinski definition) is 3. The second-order valence-electron chi connectivity index (χ2n) is 5.46. The third-order valence-electron chi connectivity index (χ3n) is 3.84. The van der Waals surface area contributed by atoms with Gasteiger partial charge in [0.15, 0.2) is 0 Å². The van der Waals surface area contributed by atoms with E-state index in [2.05, 4.69) is 5.32 Å². The molecule has 1 saturated heterocycles. The number of nitrogens with one attached hydrogen (secondary N) is 1. The number of nitrogen functional groups attached to an aromatic ring is 1. The predicted molar refractivity (Wildman–Crippen MR) is 80.5 cm³/mol. The summed E-state index contributed by atoms with van der Waals surface area (Å²) in [5.41, 5.74) is 7.39. The van der Waals surface area contributed by atoms with Crippen LogP contribution in [0.2, 0.25) is 0 Å². The molecule has 1 aliphatic rings. The van der Waals surface area contributed by atoms with Crippen LogP contribution in [0.4, 0.5) is 5.69 Å². The summed E-state index contributed by atoms with van der Waals surface area (Å²) < 4.78 is 5.65. The SMILES string of the molecule is CC(C(=O)NCCC1CCCCO1)c1cccc(N)c1. The van der Waals surface area contributed by atoms with E-state index in [1.807, 2.05) is 31.2 Å². The molecule has 1 aromatic rings. The summed E-state index contributed by atoms with van der Waals surface area (Å²) in [5.74, 6) is -0.128. The van der Waals surface area contributed by atoms with Crippen LogP contribution in [-0.4, -0.2) is 25.2 Å². The molecule has 20 heavy (non-hydrogen) atoms. The fourth-order valence-corrected chi connectivity index (χ4v) is 2.52. The maximum atomic E-state index is 12.1. The summed E-state index contributed by atoms with van der Waals surface area (Å²) in [5, 5.41) is 2.99. The van der Waals surface area contributed by atoms with E-state index in [0.717, 1.165) is 31.4 Å². The summed E-state index contributed by atoms with van der Waals surface area (Å²) in [6.45, 7) is 3.44.